The number of carbonyl (C=O) groups excluding carboxylic acids is 1. The number of amides is 1. The molecule has 0 atom stereocenters. The predicted molar refractivity (Wildman–Crippen MR) is 75.9 cm³/mol. The zero-order valence-corrected chi connectivity index (χ0v) is 12.1. The van der Waals surface area contributed by atoms with Gasteiger partial charge in [0.1, 0.15) is 5.54 Å². The first-order valence-corrected chi connectivity index (χ1v) is 7.76. The van der Waals surface area contributed by atoms with E-state index >= 15 is 0 Å². The number of piperidine rings is 1. The molecule has 2 fully saturated rings. The molecule has 2 N–H and O–H groups in total. The number of nitrogens with zero attached hydrogens (tertiary/aromatic N) is 2. The summed E-state index contributed by atoms with van der Waals surface area (Å²) in [6.45, 7) is 1.86. The Morgan fingerprint density at radius 1 is 1.25 bits per heavy atom. The topological polar surface area (TPSA) is 76.4 Å². The van der Waals surface area contributed by atoms with Crippen LogP contribution < -0.4 is 5.32 Å². The first-order chi connectivity index (χ1) is 9.63. The molecule has 1 saturated heterocycles. The Morgan fingerprint density at radius 3 is 2.40 bits per heavy atom. The SMILES string of the molecule is N#CC1(NC(=O)CN2CCC(O)CC2)CCCCCC1. The third kappa shape index (κ3) is 4.19. The van der Waals surface area contributed by atoms with Crippen molar-refractivity contribution in [2.45, 2.75) is 63.0 Å². The third-order valence-corrected chi connectivity index (χ3v) is 4.47. The molecule has 1 aliphatic heterocycles. The number of nitrogens with one attached hydrogen (secondary N) is 1. The normalized spacial score (nSPS) is 24.6. The molecular weight excluding hydrogens is 254 g/mol. The van der Waals surface area contributed by atoms with Crippen LogP contribution in [-0.4, -0.2) is 47.2 Å². The molecule has 5 nitrogen and oxygen atoms in total. The van der Waals surface area contributed by atoms with Gasteiger partial charge in [-0.15, -0.1) is 0 Å². The fourth-order valence-corrected chi connectivity index (χ4v) is 3.18. The smallest absolute Gasteiger partial charge is 0.235 e. The van der Waals surface area contributed by atoms with Crippen LogP contribution in [0.5, 0.6) is 0 Å². The maximum atomic E-state index is 12.2. The third-order valence-electron chi connectivity index (χ3n) is 4.47. The van der Waals surface area contributed by atoms with Gasteiger partial charge in [0.2, 0.25) is 5.91 Å². The second-order valence-electron chi connectivity index (χ2n) is 6.16. The number of nitriles is 1. The highest BCUT2D eigenvalue weighted by Crippen LogP contribution is 2.26. The first kappa shape index (κ1) is 15.3. The van der Waals surface area contributed by atoms with Crippen LogP contribution >= 0.6 is 0 Å². The van der Waals surface area contributed by atoms with Crippen LogP contribution in [0.15, 0.2) is 0 Å². The van der Waals surface area contributed by atoms with Crippen molar-refractivity contribution in [3.8, 4) is 6.07 Å². The van der Waals surface area contributed by atoms with Crippen molar-refractivity contribution in [2.24, 2.45) is 0 Å². The van der Waals surface area contributed by atoms with Crippen molar-refractivity contribution in [2.75, 3.05) is 19.6 Å². The fourth-order valence-electron chi connectivity index (χ4n) is 3.18. The molecule has 1 aliphatic carbocycles. The van der Waals surface area contributed by atoms with Gasteiger partial charge in [-0.05, 0) is 25.7 Å². The summed E-state index contributed by atoms with van der Waals surface area (Å²) in [4.78, 5) is 14.2. The van der Waals surface area contributed by atoms with Crippen molar-refractivity contribution in [1.29, 1.82) is 5.26 Å². The second-order valence-corrected chi connectivity index (χ2v) is 6.16. The molecule has 20 heavy (non-hydrogen) atoms. The lowest BCUT2D eigenvalue weighted by molar-refractivity contribution is -0.124. The van der Waals surface area contributed by atoms with E-state index in [2.05, 4.69) is 16.3 Å². The molecule has 1 amide bonds. The van der Waals surface area contributed by atoms with Crippen LogP contribution in [0.3, 0.4) is 0 Å². The molecule has 0 radical (unpaired) electrons. The van der Waals surface area contributed by atoms with Crippen LogP contribution in [-0.2, 0) is 4.79 Å². The Balaban J connectivity index is 1.84. The molecule has 1 saturated carbocycles. The summed E-state index contributed by atoms with van der Waals surface area (Å²) in [5, 5.41) is 21.9. The summed E-state index contributed by atoms with van der Waals surface area (Å²) in [7, 11) is 0. The molecule has 0 aromatic rings. The summed E-state index contributed by atoms with van der Waals surface area (Å²) in [6.07, 6.45) is 7.14. The van der Waals surface area contributed by atoms with Crippen molar-refractivity contribution in [3.63, 3.8) is 0 Å². The van der Waals surface area contributed by atoms with E-state index < -0.39 is 5.54 Å². The van der Waals surface area contributed by atoms with Crippen molar-refractivity contribution in [1.82, 2.24) is 10.2 Å². The Hall–Kier alpha value is -1.12. The Kier molecular flexibility index (Phi) is 5.38. The quantitative estimate of drug-likeness (QED) is 0.761. The predicted octanol–water partition coefficient (Wildman–Crippen LogP) is 1.18. The molecule has 112 valence electrons. The minimum Gasteiger partial charge on any atom is -0.393 e. The van der Waals surface area contributed by atoms with Crippen LogP contribution in [0.1, 0.15) is 51.4 Å². The Labute approximate surface area is 120 Å². The largest absolute Gasteiger partial charge is 0.393 e. The van der Waals surface area contributed by atoms with Gasteiger partial charge in [0.15, 0.2) is 0 Å². The summed E-state index contributed by atoms with van der Waals surface area (Å²) in [5.74, 6) is -0.0511. The van der Waals surface area contributed by atoms with E-state index in [1.165, 1.54) is 0 Å². The molecule has 0 spiro atoms. The van der Waals surface area contributed by atoms with Crippen LogP contribution in [0.25, 0.3) is 0 Å². The van der Waals surface area contributed by atoms with Gasteiger partial charge in [-0.3, -0.25) is 9.69 Å². The summed E-state index contributed by atoms with van der Waals surface area (Å²) in [6, 6.07) is 2.34. The number of likely N-dealkylation sites (tertiary alicyclic amines) is 1. The Bertz CT molecular complexity index is 362. The number of carbonyl (C=O) groups is 1. The molecule has 0 aromatic carbocycles. The number of rotatable bonds is 3. The summed E-state index contributed by atoms with van der Waals surface area (Å²) in [5.41, 5.74) is -0.650. The van der Waals surface area contributed by atoms with E-state index in [0.717, 1.165) is 64.5 Å². The molecule has 5 heteroatoms. The van der Waals surface area contributed by atoms with E-state index in [9.17, 15) is 15.2 Å². The lowest BCUT2D eigenvalue weighted by Gasteiger charge is -2.31. The van der Waals surface area contributed by atoms with Gasteiger partial charge in [-0.25, -0.2) is 0 Å². The lowest BCUT2D eigenvalue weighted by atomic mass is 9.92. The van der Waals surface area contributed by atoms with Crippen LogP contribution in [0.4, 0.5) is 0 Å². The highest BCUT2D eigenvalue weighted by molar-refractivity contribution is 5.79. The zero-order chi connectivity index (χ0) is 14.4. The molecule has 2 aliphatic rings. The van der Waals surface area contributed by atoms with Crippen molar-refractivity contribution >= 4 is 5.91 Å². The summed E-state index contributed by atoms with van der Waals surface area (Å²) < 4.78 is 0. The molecule has 0 aromatic heterocycles. The van der Waals surface area contributed by atoms with E-state index in [1.807, 2.05) is 0 Å². The van der Waals surface area contributed by atoms with Gasteiger partial charge in [0, 0.05) is 13.1 Å². The first-order valence-electron chi connectivity index (χ1n) is 7.76. The van der Waals surface area contributed by atoms with Gasteiger partial charge in [-0.1, -0.05) is 25.7 Å². The highest BCUT2D eigenvalue weighted by atomic mass is 16.3. The zero-order valence-electron chi connectivity index (χ0n) is 12.1. The molecule has 2 rings (SSSR count). The highest BCUT2D eigenvalue weighted by Gasteiger charge is 2.33. The van der Waals surface area contributed by atoms with E-state index in [4.69, 9.17) is 0 Å². The van der Waals surface area contributed by atoms with Crippen LogP contribution in [0, 0.1) is 11.3 Å². The fraction of sp³-hybridized carbons (Fsp3) is 0.867. The van der Waals surface area contributed by atoms with Gasteiger partial charge in [0.05, 0.1) is 18.7 Å². The van der Waals surface area contributed by atoms with Gasteiger partial charge in [0.25, 0.3) is 0 Å². The maximum absolute atomic E-state index is 12.2. The minimum absolute atomic E-state index is 0.0511. The van der Waals surface area contributed by atoms with Gasteiger partial charge in [-0.2, -0.15) is 5.26 Å². The summed E-state index contributed by atoms with van der Waals surface area (Å²) >= 11 is 0. The molecule has 0 unspecified atom stereocenters. The van der Waals surface area contributed by atoms with Gasteiger partial charge >= 0.3 is 0 Å². The Morgan fingerprint density at radius 2 is 1.85 bits per heavy atom. The van der Waals surface area contributed by atoms with Crippen molar-refractivity contribution in [3.05, 3.63) is 0 Å². The number of aliphatic hydroxyl groups excluding tert-OH is 1. The lowest BCUT2D eigenvalue weighted by Crippen LogP contribution is -2.51. The van der Waals surface area contributed by atoms with Crippen molar-refractivity contribution < 1.29 is 9.90 Å². The van der Waals surface area contributed by atoms with Gasteiger partial charge < -0.3 is 10.4 Å². The average Bonchev–Trinajstić information content (AvgIpc) is 2.67. The van der Waals surface area contributed by atoms with Crippen LogP contribution in [0.2, 0.25) is 0 Å². The number of aliphatic hydroxyl groups is 1. The molecule has 1 heterocycles. The standard InChI is InChI=1S/C15H25N3O2/c16-12-15(7-3-1-2-4-8-15)17-14(20)11-18-9-5-13(19)6-10-18/h13,19H,1-11H2,(H,17,20). The number of hydrogen-bond donors (Lipinski definition) is 2. The molecule has 0 bridgehead atoms. The van der Waals surface area contributed by atoms with E-state index in [1.54, 1.807) is 0 Å². The second kappa shape index (κ2) is 7.05. The number of hydrogen-bond acceptors (Lipinski definition) is 4. The van der Waals surface area contributed by atoms with E-state index in [-0.39, 0.29) is 12.0 Å². The average molecular weight is 279 g/mol. The minimum atomic E-state index is -0.650. The van der Waals surface area contributed by atoms with E-state index in [0.29, 0.717) is 6.54 Å². The molecular formula is C15H25N3O2. The maximum Gasteiger partial charge on any atom is 0.235 e. The monoisotopic (exact) mass is 279 g/mol.